The minimum atomic E-state index is -3.62. The van der Waals surface area contributed by atoms with Gasteiger partial charge in [-0.05, 0) is 24.3 Å². The summed E-state index contributed by atoms with van der Waals surface area (Å²) in [6.45, 7) is 1.59. The van der Waals surface area contributed by atoms with Crippen LogP contribution in [0.2, 0.25) is 0 Å². The first-order valence-electron chi connectivity index (χ1n) is 7.08. The van der Waals surface area contributed by atoms with Crippen LogP contribution in [0.1, 0.15) is 0 Å². The predicted molar refractivity (Wildman–Crippen MR) is 85.0 cm³/mol. The minimum Gasteiger partial charge on any atom is -0.490 e. The Morgan fingerprint density at radius 3 is 2.59 bits per heavy atom. The second kappa shape index (κ2) is 6.27. The summed E-state index contributed by atoms with van der Waals surface area (Å²) in [5.41, 5.74) is 0.920. The van der Waals surface area contributed by atoms with Gasteiger partial charge in [0.1, 0.15) is 23.9 Å². The number of hydrogen-bond donors (Lipinski definition) is 0. The lowest BCUT2D eigenvalue weighted by molar-refractivity contribution is 0.308. The van der Waals surface area contributed by atoms with E-state index >= 15 is 0 Å². The highest BCUT2D eigenvalue weighted by Crippen LogP contribution is 2.30. The van der Waals surface area contributed by atoms with Crippen molar-refractivity contribution in [2.45, 2.75) is 0 Å². The fraction of sp³-hybridized carbons (Fsp3) is 0.250. The number of para-hydroxylation sites is 3. The Balaban J connectivity index is 1.65. The molecular weight excluding hydrogens is 302 g/mol. The zero-order valence-corrected chi connectivity index (χ0v) is 12.8. The largest absolute Gasteiger partial charge is 0.490 e. The van der Waals surface area contributed by atoms with Crippen LogP contribution < -0.4 is 13.8 Å². The number of benzene rings is 2. The number of hydrogen-bond acceptors (Lipinski definition) is 5. The van der Waals surface area contributed by atoms with Crippen LogP contribution in [0.5, 0.6) is 11.5 Å². The lowest BCUT2D eigenvalue weighted by Crippen LogP contribution is -2.36. The first kappa shape index (κ1) is 14.7. The van der Waals surface area contributed by atoms with Crippen molar-refractivity contribution in [3.63, 3.8) is 0 Å². The molecule has 6 heteroatoms. The molecule has 22 heavy (non-hydrogen) atoms. The first-order chi connectivity index (χ1) is 10.6. The average Bonchev–Trinajstić information content (AvgIpc) is 2.53. The molecule has 0 bridgehead atoms. The summed E-state index contributed by atoms with van der Waals surface area (Å²) in [5, 5.41) is 0. The van der Waals surface area contributed by atoms with Gasteiger partial charge in [-0.15, -0.1) is 0 Å². The Kier molecular flexibility index (Phi) is 4.20. The van der Waals surface area contributed by atoms with Crippen molar-refractivity contribution in [2.24, 2.45) is 0 Å². The number of fused-ring (bicyclic) bond motifs is 1. The van der Waals surface area contributed by atoms with Gasteiger partial charge in [0.15, 0.2) is 0 Å². The van der Waals surface area contributed by atoms with E-state index in [0.717, 1.165) is 11.4 Å². The summed E-state index contributed by atoms with van der Waals surface area (Å²) >= 11 is 0. The van der Waals surface area contributed by atoms with Crippen molar-refractivity contribution in [2.75, 3.05) is 30.3 Å². The lowest BCUT2D eigenvalue weighted by atomic mass is 10.2. The number of ether oxygens (including phenoxy) is 1. The Hall–Kier alpha value is -2.21. The van der Waals surface area contributed by atoms with Crippen LogP contribution in [0.25, 0.3) is 0 Å². The van der Waals surface area contributed by atoms with Crippen LogP contribution in [-0.2, 0) is 10.1 Å². The standard InChI is InChI=1S/C16H17NO4S/c18-22(19,21-14-6-2-1-3-7-14)13-11-17-10-12-20-16-9-5-4-8-15(16)17/h1-9H,10-13H2. The zero-order chi connectivity index (χ0) is 15.4. The van der Waals surface area contributed by atoms with Gasteiger partial charge in [0.05, 0.1) is 12.2 Å². The molecule has 2 aromatic carbocycles. The van der Waals surface area contributed by atoms with Gasteiger partial charge in [-0.25, -0.2) is 0 Å². The maximum Gasteiger partial charge on any atom is 0.310 e. The summed E-state index contributed by atoms with van der Waals surface area (Å²) < 4.78 is 34.8. The molecule has 0 atom stereocenters. The Labute approximate surface area is 130 Å². The smallest absolute Gasteiger partial charge is 0.310 e. The third-order valence-corrected chi connectivity index (χ3v) is 4.53. The molecule has 0 spiro atoms. The molecule has 1 aliphatic heterocycles. The fourth-order valence-corrected chi connectivity index (χ4v) is 3.28. The molecule has 0 saturated carbocycles. The third-order valence-electron chi connectivity index (χ3n) is 3.40. The van der Waals surface area contributed by atoms with E-state index in [0.29, 0.717) is 25.4 Å². The lowest BCUT2D eigenvalue weighted by Gasteiger charge is -2.30. The molecule has 3 rings (SSSR count). The molecule has 0 saturated heterocycles. The third kappa shape index (κ3) is 3.51. The van der Waals surface area contributed by atoms with Gasteiger partial charge >= 0.3 is 10.1 Å². The summed E-state index contributed by atoms with van der Waals surface area (Å²) in [7, 11) is -3.62. The van der Waals surface area contributed by atoms with E-state index < -0.39 is 10.1 Å². The van der Waals surface area contributed by atoms with Crippen LogP contribution in [0.3, 0.4) is 0 Å². The molecule has 0 aromatic heterocycles. The first-order valence-corrected chi connectivity index (χ1v) is 8.66. The molecule has 116 valence electrons. The summed E-state index contributed by atoms with van der Waals surface area (Å²) in [6.07, 6.45) is 0. The molecule has 0 N–H and O–H groups in total. The molecule has 5 nitrogen and oxygen atoms in total. The van der Waals surface area contributed by atoms with E-state index in [1.54, 1.807) is 24.3 Å². The van der Waals surface area contributed by atoms with E-state index in [1.165, 1.54) is 0 Å². The fourth-order valence-electron chi connectivity index (χ4n) is 2.35. The molecule has 0 radical (unpaired) electrons. The van der Waals surface area contributed by atoms with Crippen LogP contribution in [0, 0.1) is 0 Å². The van der Waals surface area contributed by atoms with E-state index in [-0.39, 0.29) is 5.75 Å². The number of nitrogens with zero attached hydrogens (tertiary/aromatic N) is 1. The molecule has 0 aliphatic carbocycles. The van der Waals surface area contributed by atoms with Gasteiger partial charge in [0.2, 0.25) is 0 Å². The van der Waals surface area contributed by atoms with Crippen molar-refractivity contribution in [3.05, 3.63) is 54.6 Å². The summed E-state index contributed by atoms with van der Waals surface area (Å²) in [5.74, 6) is 1.05. The predicted octanol–water partition coefficient (Wildman–Crippen LogP) is 2.29. The van der Waals surface area contributed by atoms with Crippen molar-refractivity contribution in [1.82, 2.24) is 0 Å². The monoisotopic (exact) mass is 319 g/mol. The summed E-state index contributed by atoms with van der Waals surface area (Å²) in [4.78, 5) is 2.00. The van der Waals surface area contributed by atoms with Crippen LogP contribution in [0.15, 0.2) is 54.6 Å². The van der Waals surface area contributed by atoms with Crippen molar-refractivity contribution in [1.29, 1.82) is 0 Å². The second-order valence-electron chi connectivity index (χ2n) is 4.96. The molecule has 0 unspecified atom stereocenters. The quantitative estimate of drug-likeness (QED) is 0.792. The molecule has 1 aliphatic rings. The highest BCUT2D eigenvalue weighted by molar-refractivity contribution is 7.87. The minimum absolute atomic E-state index is 0.0732. The Morgan fingerprint density at radius 1 is 1.05 bits per heavy atom. The van der Waals surface area contributed by atoms with Crippen LogP contribution in [-0.4, -0.2) is 33.9 Å². The molecule has 1 heterocycles. The normalized spacial score (nSPS) is 14.1. The second-order valence-corrected chi connectivity index (χ2v) is 6.65. The highest BCUT2D eigenvalue weighted by atomic mass is 32.2. The SMILES string of the molecule is O=S(=O)(CCN1CCOc2ccccc21)Oc1ccccc1. The topological polar surface area (TPSA) is 55.8 Å². The van der Waals surface area contributed by atoms with E-state index in [9.17, 15) is 8.42 Å². The zero-order valence-electron chi connectivity index (χ0n) is 12.0. The summed E-state index contributed by atoms with van der Waals surface area (Å²) in [6, 6.07) is 16.2. The Morgan fingerprint density at radius 2 is 1.77 bits per heavy atom. The number of rotatable bonds is 5. The van der Waals surface area contributed by atoms with E-state index in [2.05, 4.69) is 0 Å². The molecule has 2 aromatic rings. The van der Waals surface area contributed by atoms with Crippen LogP contribution >= 0.6 is 0 Å². The van der Waals surface area contributed by atoms with Crippen LogP contribution in [0.4, 0.5) is 5.69 Å². The number of anilines is 1. The van der Waals surface area contributed by atoms with Crippen molar-refractivity contribution >= 4 is 15.8 Å². The molecule has 0 amide bonds. The van der Waals surface area contributed by atoms with Gasteiger partial charge in [0.25, 0.3) is 0 Å². The Bertz CT molecular complexity index is 731. The van der Waals surface area contributed by atoms with E-state index in [1.807, 2.05) is 35.2 Å². The molecular formula is C16H17NO4S. The maximum atomic E-state index is 12.1. The highest BCUT2D eigenvalue weighted by Gasteiger charge is 2.20. The van der Waals surface area contributed by atoms with Crippen molar-refractivity contribution in [3.8, 4) is 11.5 Å². The van der Waals surface area contributed by atoms with Gasteiger partial charge in [-0.3, -0.25) is 0 Å². The van der Waals surface area contributed by atoms with E-state index in [4.69, 9.17) is 8.92 Å². The van der Waals surface area contributed by atoms with Gasteiger partial charge in [-0.1, -0.05) is 30.3 Å². The maximum absolute atomic E-state index is 12.1. The van der Waals surface area contributed by atoms with Crippen molar-refractivity contribution < 1.29 is 17.3 Å². The molecule has 0 fully saturated rings. The van der Waals surface area contributed by atoms with Gasteiger partial charge < -0.3 is 13.8 Å². The van der Waals surface area contributed by atoms with Gasteiger partial charge in [-0.2, -0.15) is 8.42 Å². The van der Waals surface area contributed by atoms with Gasteiger partial charge in [0, 0.05) is 6.54 Å². The average molecular weight is 319 g/mol.